The molecule has 0 atom stereocenters. The zero-order valence-corrected chi connectivity index (χ0v) is 15.0. The number of nitrogens with zero attached hydrogens (tertiary/aromatic N) is 3. The quantitative estimate of drug-likeness (QED) is 0.345. The third kappa shape index (κ3) is 5.01. The number of ether oxygens (including phenoxy) is 1. The first-order valence-electron chi connectivity index (χ1n) is 8.72. The van der Waals surface area contributed by atoms with Gasteiger partial charge in [0.25, 0.3) is 5.69 Å². The third-order valence-corrected chi connectivity index (χ3v) is 3.94. The van der Waals surface area contributed by atoms with Crippen LogP contribution in [0.3, 0.4) is 0 Å². The van der Waals surface area contributed by atoms with Crippen LogP contribution in [0.5, 0.6) is 5.75 Å². The number of rotatable bonds is 8. The standard InChI is InChI=1S/C20H20N4O3/c1-2-3-12-27-19-10-6-17(7-11-19)23-20-21-13-16(14-22-20)15-4-8-18(9-5-15)24(25)26/h4-11,13-14H,2-3,12H2,1H3,(H,21,22,23). The fraction of sp³-hybridized carbons (Fsp3) is 0.200. The molecule has 7 heteroatoms. The van der Waals surface area contributed by atoms with E-state index in [4.69, 9.17) is 4.74 Å². The lowest BCUT2D eigenvalue weighted by Gasteiger charge is -2.08. The zero-order chi connectivity index (χ0) is 19.1. The Morgan fingerprint density at radius 3 is 2.26 bits per heavy atom. The van der Waals surface area contributed by atoms with Crippen molar-refractivity contribution in [1.82, 2.24) is 9.97 Å². The van der Waals surface area contributed by atoms with Crippen LogP contribution in [0.15, 0.2) is 60.9 Å². The van der Waals surface area contributed by atoms with E-state index in [9.17, 15) is 10.1 Å². The molecule has 0 unspecified atom stereocenters. The first-order valence-corrected chi connectivity index (χ1v) is 8.72. The predicted molar refractivity (Wildman–Crippen MR) is 104 cm³/mol. The number of unbranched alkanes of at least 4 members (excludes halogenated alkanes) is 1. The Morgan fingerprint density at radius 1 is 1.00 bits per heavy atom. The van der Waals surface area contributed by atoms with Gasteiger partial charge < -0.3 is 10.1 Å². The second-order valence-electron chi connectivity index (χ2n) is 5.95. The van der Waals surface area contributed by atoms with Crippen LogP contribution in [0.1, 0.15) is 19.8 Å². The first-order chi connectivity index (χ1) is 13.2. The van der Waals surface area contributed by atoms with Crippen LogP contribution in [0.25, 0.3) is 11.1 Å². The van der Waals surface area contributed by atoms with Gasteiger partial charge in [-0.05, 0) is 48.4 Å². The number of benzene rings is 2. The molecule has 0 fully saturated rings. The maximum atomic E-state index is 10.7. The van der Waals surface area contributed by atoms with Crippen molar-refractivity contribution in [2.45, 2.75) is 19.8 Å². The van der Waals surface area contributed by atoms with E-state index in [1.807, 2.05) is 24.3 Å². The lowest BCUT2D eigenvalue weighted by atomic mass is 10.1. The van der Waals surface area contributed by atoms with Gasteiger partial charge in [-0.3, -0.25) is 10.1 Å². The topological polar surface area (TPSA) is 90.2 Å². The van der Waals surface area contributed by atoms with Gasteiger partial charge in [-0.2, -0.15) is 0 Å². The third-order valence-electron chi connectivity index (χ3n) is 3.94. The number of nitrogens with one attached hydrogen (secondary N) is 1. The van der Waals surface area contributed by atoms with Gasteiger partial charge in [0, 0.05) is 35.8 Å². The minimum Gasteiger partial charge on any atom is -0.494 e. The molecule has 0 amide bonds. The molecule has 7 nitrogen and oxygen atoms in total. The molecule has 0 spiro atoms. The molecule has 1 heterocycles. The highest BCUT2D eigenvalue weighted by molar-refractivity contribution is 5.64. The van der Waals surface area contributed by atoms with Gasteiger partial charge >= 0.3 is 0 Å². The normalized spacial score (nSPS) is 10.4. The summed E-state index contributed by atoms with van der Waals surface area (Å²) in [6, 6.07) is 13.9. The van der Waals surface area contributed by atoms with Crippen molar-refractivity contribution in [3.8, 4) is 16.9 Å². The summed E-state index contributed by atoms with van der Waals surface area (Å²) in [5.41, 5.74) is 2.52. The summed E-state index contributed by atoms with van der Waals surface area (Å²) in [7, 11) is 0. The molecule has 0 aliphatic rings. The molecule has 1 aromatic heterocycles. The van der Waals surface area contributed by atoms with Crippen LogP contribution in [-0.2, 0) is 0 Å². The minimum absolute atomic E-state index is 0.0556. The van der Waals surface area contributed by atoms with Gasteiger partial charge in [0.1, 0.15) is 5.75 Å². The molecule has 0 aliphatic carbocycles. The van der Waals surface area contributed by atoms with Crippen molar-refractivity contribution < 1.29 is 9.66 Å². The van der Waals surface area contributed by atoms with Crippen LogP contribution >= 0.6 is 0 Å². The molecule has 2 aromatic carbocycles. The summed E-state index contributed by atoms with van der Waals surface area (Å²) in [4.78, 5) is 18.9. The molecule has 0 aliphatic heterocycles. The monoisotopic (exact) mass is 364 g/mol. The van der Waals surface area contributed by atoms with E-state index >= 15 is 0 Å². The van der Waals surface area contributed by atoms with Crippen molar-refractivity contribution in [3.63, 3.8) is 0 Å². The molecule has 1 N–H and O–H groups in total. The molecule has 0 bridgehead atoms. The summed E-state index contributed by atoms with van der Waals surface area (Å²) in [6.45, 7) is 2.85. The number of hydrogen-bond donors (Lipinski definition) is 1. The van der Waals surface area contributed by atoms with E-state index < -0.39 is 4.92 Å². The van der Waals surface area contributed by atoms with Gasteiger partial charge in [-0.15, -0.1) is 0 Å². The Morgan fingerprint density at radius 2 is 1.67 bits per heavy atom. The first kappa shape index (κ1) is 18.3. The number of aromatic nitrogens is 2. The van der Waals surface area contributed by atoms with Crippen LogP contribution in [0.4, 0.5) is 17.3 Å². The lowest BCUT2D eigenvalue weighted by molar-refractivity contribution is -0.384. The van der Waals surface area contributed by atoms with Crippen molar-refractivity contribution in [2.75, 3.05) is 11.9 Å². The van der Waals surface area contributed by atoms with E-state index in [2.05, 4.69) is 22.2 Å². The Hall–Kier alpha value is -3.48. The van der Waals surface area contributed by atoms with Crippen LogP contribution in [0, 0.1) is 10.1 Å². The number of anilines is 2. The maximum absolute atomic E-state index is 10.7. The average molecular weight is 364 g/mol. The molecule has 3 aromatic rings. The predicted octanol–water partition coefficient (Wildman–Crippen LogP) is 4.97. The van der Waals surface area contributed by atoms with E-state index in [0.29, 0.717) is 5.95 Å². The molecule has 27 heavy (non-hydrogen) atoms. The van der Waals surface area contributed by atoms with Gasteiger partial charge in [0.2, 0.25) is 5.95 Å². The number of non-ortho nitro benzene ring substituents is 1. The zero-order valence-electron chi connectivity index (χ0n) is 15.0. The fourth-order valence-corrected chi connectivity index (χ4v) is 2.42. The highest BCUT2D eigenvalue weighted by Gasteiger charge is 2.06. The minimum atomic E-state index is -0.423. The Kier molecular flexibility index (Phi) is 5.94. The molecule has 0 radical (unpaired) electrons. The fourth-order valence-electron chi connectivity index (χ4n) is 2.42. The average Bonchev–Trinajstić information content (AvgIpc) is 2.70. The van der Waals surface area contributed by atoms with Crippen molar-refractivity contribution >= 4 is 17.3 Å². The van der Waals surface area contributed by atoms with E-state index in [1.165, 1.54) is 12.1 Å². The summed E-state index contributed by atoms with van der Waals surface area (Å²) in [5.74, 6) is 1.31. The van der Waals surface area contributed by atoms with Crippen LogP contribution in [-0.4, -0.2) is 21.5 Å². The highest BCUT2D eigenvalue weighted by Crippen LogP contribution is 2.23. The van der Waals surface area contributed by atoms with Crippen molar-refractivity contribution in [3.05, 3.63) is 71.0 Å². The van der Waals surface area contributed by atoms with Gasteiger partial charge in [0.05, 0.1) is 11.5 Å². The molecule has 0 saturated carbocycles. The van der Waals surface area contributed by atoms with E-state index in [1.54, 1.807) is 24.5 Å². The smallest absolute Gasteiger partial charge is 0.269 e. The van der Waals surface area contributed by atoms with Gasteiger partial charge in [0.15, 0.2) is 0 Å². The van der Waals surface area contributed by atoms with Crippen molar-refractivity contribution in [2.24, 2.45) is 0 Å². The molecule has 3 rings (SSSR count). The molecular formula is C20H20N4O3. The van der Waals surface area contributed by atoms with Gasteiger partial charge in [-0.1, -0.05) is 13.3 Å². The van der Waals surface area contributed by atoms with E-state index in [-0.39, 0.29) is 5.69 Å². The van der Waals surface area contributed by atoms with Crippen LogP contribution < -0.4 is 10.1 Å². The number of nitro benzene ring substituents is 1. The SMILES string of the molecule is CCCCOc1ccc(Nc2ncc(-c3ccc([N+](=O)[O-])cc3)cn2)cc1. The number of hydrogen-bond acceptors (Lipinski definition) is 6. The Balaban J connectivity index is 1.62. The summed E-state index contributed by atoms with van der Waals surface area (Å²) in [6.07, 6.45) is 5.50. The van der Waals surface area contributed by atoms with Crippen molar-refractivity contribution in [1.29, 1.82) is 0 Å². The lowest BCUT2D eigenvalue weighted by Crippen LogP contribution is -1.98. The summed E-state index contributed by atoms with van der Waals surface area (Å²) >= 11 is 0. The largest absolute Gasteiger partial charge is 0.494 e. The second kappa shape index (κ2) is 8.75. The van der Waals surface area contributed by atoms with Crippen LogP contribution in [0.2, 0.25) is 0 Å². The summed E-state index contributed by atoms with van der Waals surface area (Å²) in [5, 5.41) is 13.9. The molecular weight excluding hydrogens is 344 g/mol. The van der Waals surface area contributed by atoms with Gasteiger partial charge in [-0.25, -0.2) is 9.97 Å². The second-order valence-corrected chi connectivity index (χ2v) is 5.95. The molecule has 138 valence electrons. The summed E-state index contributed by atoms with van der Waals surface area (Å²) < 4.78 is 5.64. The molecule has 0 saturated heterocycles. The Bertz CT molecular complexity index is 879. The highest BCUT2D eigenvalue weighted by atomic mass is 16.6. The maximum Gasteiger partial charge on any atom is 0.269 e. The van der Waals surface area contributed by atoms with E-state index in [0.717, 1.165) is 42.0 Å². The number of nitro groups is 1. The Labute approximate surface area is 157 Å².